The fourth-order valence-corrected chi connectivity index (χ4v) is 3.18. The molecule has 3 aromatic carbocycles. The highest BCUT2D eigenvalue weighted by Crippen LogP contribution is 2.22. The Morgan fingerprint density at radius 3 is 2.47 bits per heavy atom. The topological polar surface area (TPSA) is 56.2 Å². The van der Waals surface area contributed by atoms with Crippen molar-refractivity contribution in [1.29, 1.82) is 0 Å². The Kier molecular flexibility index (Phi) is 5.90. The predicted octanol–water partition coefficient (Wildman–Crippen LogP) is 5.74. The Hall–Kier alpha value is -3.45. The molecule has 0 atom stereocenters. The van der Waals surface area contributed by atoms with Crippen molar-refractivity contribution in [3.05, 3.63) is 101 Å². The smallest absolute Gasteiger partial charge is 0.276 e. The first-order valence-electron chi connectivity index (χ1n) is 9.17. The molecule has 0 saturated heterocycles. The summed E-state index contributed by atoms with van der Waals surface area (Å²) < 4.78 is 21.7. The summed E-state index contributed by atoms with van der Waals surface area (Å²) in [7, 11) is 0. The maximum absolute atomic E-state index is 13.9. The summed E-state index contributed by atoms with van der Waals surface area (Å²) in [5, 5.41) is 6.69. The number of nitrogens with one attached hydrogen (secondary N) is 1. The zero-order valence-electron chi connectivity index (χ0n) is 15.8. The summed E-state index contributed by atoms with van der Waals surface area (Å²) in [6.07, 6.45) is 1.63. The number of halogens is 2. The molecule has 7 heteroatoms. The summed E-state index contributed by atoms with van der Waals surface area (Å²) >= 11 is 3.18. The Balaban J connectivity index is 1.36. The number of hydrogen-bond acceptors (Lipinski definition) is 3. The maximum atomic E-state index is 13.9. The van der Waals surface area contributed by atoms with Crippen LogP contribution in [0.5, 0.6) is 5.75 Å². The molecular weight excluding hydrogens is 449 g/mol. The van der Waals surface area contributed by atoms with Crippen LogP contribution in [0.25, 0.3) is 11.1 Å². The fraction of sp³-hybridized carbons (Fsp3) is 0.0435. The van der Waals surface area contributed by atoms with Crippen LogP contribution in [0.2, 0.25) is 0 Å². The van der Waals surface area contributed by atoms with Gasteiger partial charge in [0.2, 0.25) is 0 Å². The molecule has 4 rings (SSSR count). The van der Waals surface area contributed by atoms with Crippen molar-refractivity contribution in [2.45, 2.75) is 6.73 Å². The van der Waals surface area contributed by atoms with Crippen molar-refractivity contribution >= 4 is 27.5 Å². The molecule has 1 aromatic heterocycles. The molecule has 4 aromatic rings. The van der Waals surface area contributed by atoms with E-state index in [0.717, 1.165) is 11.1 Å². The summed E-state index contributed by atoms with van der Waals surface area (Å²) in [5.41, 5.74) is 2.49. The van der Waals surface area contributed by atoms with Crippen molar-refractivity contribution in [2.24, 2.45) is 0 Å². The predicted molar refractivity (Wildman–Crippen MR) is 117 cm³/mol. The Morgan fingerprint density at radius 1 is 1.00 bits per heavy atom. The quantitative estimate of drug-likeness (QED) is 0.394. The van der Waals surface area contributed by atoms with Crippen molar-refractivity contribution in [3.8, 4) is 16.9 Å². The minimum Gasteiger partial charge on any atom is -0.471 e. The molecular formula is C23H17BrFN3O2. The lowest BCUT2D eigenvalue weighted by atomic mass is 10.1. The number of amides is 1. The van der Waals surface area contributed by atoms with Crippen LogP contribution in [0, 0.1) is 5.82 Å². The molecule has 5 nitrogen and oxygen atoms in total. The van der Waals surface area contributed by atoms with Gasteiger partial charge in [-0.3, -0.25) is 4.79 Å². The SMILES string of the molecule is O=C(Nc1ccc(Br)cc1F)c1ccn(COc2ccc(-c3ccccc3)cc2)n1. The van der Waals surface area contributed by atoms with Gasteiger partial charge in [0.1, 0.15) is 11.6 Å². The molecule has 1 N–H and O–H groups in total. The number of rotatable bonds is 6. The zero-order valence-corrected chi connectivity index (χ0v) is 17.3. The van der Waals surface area contributed by atoms with Gasteiger partial charge in [-0.2, -0.15) is 5.10 Å². The monoisotopic (exact) mass is 465 g/mol. The third-order valence-corrected chi connectivity index (χ3v) is 4.87. The van der Waals surface area contributed by atoms with Crippen LogP contribution in [-0.4, -0.2) is 15.7 Å². The van der Waals surface area contributed by atoms with Crippen molar-refractivity contribution < 1.29 is 13.9 Å². The Labute approximate surface area is 181 Å². The maximum Gasteiger partial charge on any atom is 0.276 e. The highest BCUT2D eigenvalue weighted by Gasteiger charge is 2.12. The number of nitrogens with zero attached hydrogens (tertiary/aromatic N) is 2. The van der Waals surface area contributed by atoms with Gasteiger partial charge < -0.3 is 10.1 Å². The molecule has 0 radical (unpaired) electrons. The van der Waals surface area contributed by atoms with Crippen LogP contribution < -0.4 is 10.1 Å². The number of benzene rings is 3. The summed E-state index contributed by atoms with van der Waals surface area (Å²) in [5.74, 6) is -0.338. The van der Waals surface area contributed by atoms with Crippen molar-refractivity contribution in [3.63, 3.8) is 0 Å². The highest BCUT2D eigenvalue weighted by atomic mass is 79.9. The molecule has 0 aliphatic heterocycles. The fourth-order valence-electron chi connectivity index (χ4n) is 2.85. The van der Waals surface area contributed by atoms with E-state index in [0.29, 0.717) is 10.2 Å². The second kappa shape index (κ2) is 8.92. The Bertz CT molecular complexity index is 1160. The van der Waals surface area contributed by atoms with E-state index in [9.17, 15) is 9.18 Å². The third-order valence-electron chi connectivity index (χ3n) is 4.38. The van der Waals surface area contributed by atoms with Gasteiger partial charge in [0.05, 0.1) is 5.69 Å². The minimum atomic E-state index is -0.528. The van der Waals surface area contributed by atoms with E-state index in [-0.39, 0.29) is 18.1 Å². The second-order valence-corrected chi connectivity index (χ2v) is 7.40. The molecule has 0 fully saturated rings. The van der Waals surface area contributed by atoms with Gasteiger partial charge in [0.15, 0.2) is 12.4 Å². The molecule has 0 unspecified atom stereocenters. The Morgan fingerprint density at radius 2 is 1.73 bits per heavy atom. The van der Waals surface area contributed by atoms with Gasteiger partial charge in [0, 0.05) is 10.7 Å². The van der Waals surface area contributed by atoms with E-state index in [1.54, 1.807) is 18.3 Å². The van der Waals surface area contributed by atoms with Crippen molar-refractivity contribution in [1.82, 2.24) is 9.78 Å². The summed E-state index contributed by atoms with van der Waals surface area (Å²) in [6.45, 7) is 0.143. The average molecular weight is 466 g/mol. The van der Waals surface area contributed by atoms with Gasteiger partial charge >= 0.3 is 0 Å². The number of carbonyl (C=O) groups excluding carboxylic acids is 1. The zero-order chi connectivity index (χ0) is 20.9. The van der Waals surface area contributed by atoms with E-state index in [2.05, 4.69) is 26.3 Å². The van der Waals surface area contributed by atoms with Gasteiger partial charge in [-0.05, 0) is 47.5 Å². The first kappa shape index (κ1) is 19.8. The van der Waals surface area contributed by atoms with E-state index in [1.165, 1.54) is 16.8 Å². The lowest BCUT2D eigenvalue weighted by Gasteiger charge is -2.08. The molecule has 30 heavy (non-hydrogen) atoms. The molecule has 1 heterocycles. The second-order valence-electron chi connectivity index (χ2n) is 6.48. The van der Waals surface area contributed by atoms with E-state index >= 15 is 0 Å². The minimum absolute atomic E-state index is 0.0903. The van der Waals surface area contributed by atoms with Crippen LogP contribution in [-0.2, 0) is 6.73 Å². The number of anilines is 1. The van der Waals surface area contributed by atoms with Crippen LogP contribution in [0.3, 0.4) is 0 Å². The first-order chi connectivity index (χ1) is 14.6. The molecule has 0 aliphatic carbocycles. The molecule has 150 valence electrons. The number of hydrogen-bond donors (Lipinski definition) is 1. The summed E-state index contributed by atoms with van der Waals surface area (Å²) in [6, 6.07) is 23.8. The van der Waals surface area contributed by atoms with E-state index in [4.69, 9.17) is 4.74 Å². The number of carbonyl (C=O) groups is 1. The van der Waals surface area contributed by atoms with Crippen molar-refractivity contribution in [2.75, 3.05) is 5.32 Å². The van der Waals surface area contributed by atoms with Crippen LogP contribution in [0.1, 0.15) is 10.5 Å². The van der Waals surface area contributed by atoms with Crippen LogP contribution in [0.4, 0.5) is 10.1 Å². The van der Waals surface area contributed by atoms with Gasteiger partial charge in [0.25, 0.3) is 5.91 Å². The average Bonchev–Trinajstić information content (AvgIpc) is 3.24. The summed E-state index contributed by atoms with van der Waals surface area (Å²) in [4.78, 5) is 12.3. The molecule has 1 amide bonds. The standard InChI is InChI=1S/C23H17BrFN3O2/c24-18-8-11-21(20(25)14-18)26-23(29)22-12-13-28(27-22)15-30-19-9-6-17(7-10-19)16-4-2-1-3-5-16/h1-14H,15H2,(H,26,29). The molecule has 0 saturated carbocycles. The largest absolute Gasteiger partial charge is 0.471 e. The van der Waals surface area contributed by atoms with Crippen LogP contribution in [0.15, 0.2) is 89.5 Å². The van der Waals surface area contributed by atoms with E-state index in [1.807, 2.05) is 54.6 Å². The van der Waals surface area contributed by atoms with Gasteiger partial charge in [-0.1, -0.05) is 58.4 Å². The van der Waals surface area contributed by atoms with Gasteiger partial charge in [-0.25, -0.2) is 9.07 Å². The first-order valence-corrected chi connectivity index (χ1v) is 9.96. The molecule has 0 aliphatic rings. The lowest BCUT2D eigenvalue weighted by Crippen LogP contribution is -2.15. The van der Waals surface area contributed by atoms with Crippen LogP contribution >= 0.6 is 15.9 Å². The number of ether oxygens (including phenoxy) is 1. The normalized spacial score (nSPS) is 10.6. The molecule has 0 bridgehead atoms. The number of aromatic nitrogens is 2. The highest BCUT2D eigenvalue weighted by molar-refractivity contribution is 9.10. The van der Waals surface area contributed by atoms with Gasteiger partial charge in [-0.15, -0.1) is 0 Å². The van der Waals surface area contributed by atoms with E-state index < -0.39 is 11.7 Å². The lowest BCUT2D eigenvalue weighted by molar-refractivity contribution is 0.101. The third kappa shape index (κ3) is 4.75. The molecule has 0 spiro atoms.